The number of carbonyl (C=O) groups excluding carboxylic acids is 2. The molecule has 1 aliphatic rings. The summed E-state index contributed by atoms with van der Waals surface area (Å²) >= 11 is 0. The fraction of sp³-hybridized carbons (Fsp3) is 0.364. The number of nitrogens with one attached hydrogen (secondary N) is 1. The summed E-state index contributed by atoms with van der Waals surface area (Å²) in [4.78, 5) is 27.1. The molecular weight excluding hydrogens is 324 g/mol. The summed E-state index contributed by atoms with van der Waals surface area (Å²) in [5.41, 5.74) is 7.30. The predicted octanol–water partition coefficient (Wildman–Crippen LogP) is 4.22. The Morgan fingerprint density at radius 1 is 1.04 bits per heavy atom. The SMILES string of the molecule is Cc1cc(C)c(N2CC(C(=O)Nc3cccc(C)c3C)CC2=O)c(C)c1. The molecule has 136 valence electrons. The minimum atomic E-state index is -0.331. The highest BCUT2D eigenvalue weighted by Crippen LogP contribution is 2.32. The third-order valence-corrected chi connectivity index (χ3v) is 5.26. The van der Waals surface area contributed by atoms with Gasteiger partial charge in [-0.15, -0.1) is 0 Å². The molecule has 1 aliphatic heterocycles. The lowest BCUT2D eigenvalue weighted by molar-refractivity contribution is -0.122. The summed E-state index contributed by atoms with van der Waals surface area (Å²) in [7, 11) is 0. The quantitative estimate of drug-likeness (QED) is 0.901. The number of rotatable bonds is 3. The topological polar surface area (TPSA) is 49.4 Å². The molecule has 2 aromatic rings. The molecule has 0 aliphatic carbocycles. The van der Waals surface area contributed by atoms with Crippen LogP contribution in [0.3, 0.4) is 0 Å². The minimum Gasteiger partial charge on any atom is -0.326 e. The van der Waals surface area contributed by atoms with Gasteiger partial charge >= 0.3 is 0 Å². The van der Waals surface area contributed by atoms with Crippen LogP contribution in [-0.2, 0) is 9.59 Å². The van der Waals surface area contributed by atoms with Crippen molar-refractivity contribution in [1.29, 1.82) is 0 Å². The molecule has 2 aromatic carbocycles. The van der Waals surface area contributed by atoms with Crippen LogP contribution in [0.1, 0.15) is 34.2 Å². The van der Waals surface area contributed by atoms with Crippen molar-refractivity contribution in [2.24, 2.45) is 5.92 Å². The predicted molar refractivity (Wildman–Crippen MR) is 106 cm³/mol. The molecule has 1 atom stereocenters. The number of hydrogen-bond donors (Lipinski definition) is 1. The molecule has 4 nitrogen and oxygen atoms in total. The highest BCUT2D eigenvalue weighted by Gasteiger charge is 2.36. The van der Waals surface area contributed by atoms with Gasteiger partial charge in [-0.1, -0.05) is 29.8 Å². The zero-order valence-corrected chi connectivity index (χ0v) is 16.1. The lowest BCUT2D eigenvalue weighted by Crippen LogP contribution is -2.29. The molecule has 3 rings (SSSR count). The second kappa shape index (κ2) is 6.94. The highest BCUT2D eigenvalue weighted by molar-refractivity contribution is 6.04. The molecule has 1 saturated heterocycles. The van der Waals surface area contributed by atoms with Crippen LogP contribution in [0.2, 0.25) is 0 Å². The Balaban J connectivity index is 1.80. The van der Waals surface area contributed by atoms with Crippen molar-refractivity contribution in [1.82, 2.24) is 0 Å². The lowest BCUT2D eigenvalue weighted by Gasteiger charge is -2.22. The van der Waals surface area contributed by atoms with Crippen LogP contribution in [0.15, 0.2) is 30.3 Å². The van der Waals surface area contributed by atoms with Gasteiger partial charge in [0, 0.05) is 24.3 Å². The molecule has 0 spiro atoms. The largest absolute Gasteiger partial charge is 0.326 e. The minimum absolute atomic E-state index is 0.0150. The Morgan fingerprint density at radius 2 is 1.69 bits per heavy atom. The lowest BCUT2D eigenvalue weighted by atomic mass is 10.0. The molecule has 0 aromatic heterocycles. The summed E-state index contributed by atoms with van der Waals surface area (Å²) in [6, 6.07) is 10.0. The first kappa shape index (κ1) is 18.2. The van der Waals surface area contributed by atoms with E-state index in [-0.39, 0.29) is 24.2 Å². The van der Waals surface area contributed by atoms with Crippen molar-refractivity contribution >= 4 is 23.2 Å². The summed E-state index contributed by atoms with van der Waals surface area (Å²) < 4.78 is 0. The Hall–Kier alpha value is -2.62. The van der Waals surface area contributed by atoms with E-state index in [1.54, 1.807) is 4.90 Å². The Morgan fingerprint density at radius 3 is 2.35 bits per heavy atom. The number of anilines is 2. The van der Waals surface area contributed by atoms with E-state index in [4.69, 9.17) is 0 Å². The Labute approximate surface area is 155 Å². The van der Waals surface area contributed by atoms with Gasteiger partial charge in [-0.05, 0) is 62.9 Å². The van der Waals surface area contributed by atoms with Gasteiger partial charge in [0.1, 0.15) is 0 Å². The van der Waals surface area contributed by atoms with Crippen molar-refractivity contribution < 1.29 is 9.59 Å². The summed E-state index contributed by atoms with van der Waals surface area (Å²) in [6.45, 7) is 10.5. The molecule has 1 N–H and O–H groups in total. The third-order valence-electron chi connectivity index (χ3n) is 5.26. The fourth-order valence-electron chi connectivity index (χ4n) is 3.82. The van der Waals surface area contributed by atoms with E-state index in [0.717, 1.165) is 33.6 Å². The zero-order chi connectivity index (χ0) is 19.0. The molecule has 26 heavy (non-hydrogen) atoms. The molecule has 1 fully saturated rings. The second-order valence-electron chi connectivity index (χ2n) is 7.39. The van der Waals surface area contributed by atoms with Crippen molar-refractivity contribution in [3.05, 3.63) is 58.1 Å². The third kappa shape index (κ3) is 3.36. The molecule has 1 heterocycles. The molecule has 0 radical (unpaired) electrons. The van der Waals surface area contributed by atoms with Gasteiger partial charge < -0.3 is 10.2 Å². The van der Waals surface area contributed by atoms with Crippen molar-refractivity contribution in [2.75, 3.05) is 16.8 Å². The monoisotopic (exact) mass is 350 g/mol. The maximum atomic E-state index is 12.7. The summed E-state index contributed by atoms with van der Waals surface area (Å²) in [6.07, 6.45) is 0.253. The number of hydrogen-bond acceptors (Lipinski definition) is 2. The van der Waals surface area contributed by atoms with E-state index in [1.165, 1.54) is 5.56 Å². The fourth-order valence-corrected chi connectivity index (χ4v) is 3.82. The van der Waals surface area contributed by atoms with E-state index in [0.29, 0.717) is 6.54 Å². The van der Waals surface area contributed by atoms with Gasteiger partial charge in [0.2, 0.25) is 11.8 Å². The maximum absolute atomic E-state index is 12.7. The number of benzene rings is 2. The van der Waals surface area contributed by atoms with E-state index in [9.17, 15) is 9.59 Å². The number of nitrogens with zero attached hydrogens (tertiary/aromatic N) is 1. The summed E-state index contributed by atoms with van der Waals surface area (Å²) in [5.74, 6) is -0.402. The zero-order valence-electron chi connectivity index (χ0n) is 16.1. The summed E-state index contributed by atoms with van der Waals surface area (Å²) in [5, 5.41) is 3.01. The molecule has 4 heteroatoms. The van der Waals surface area contributed by atoms with Crippen LogP contribution < -0.4 is 10.2 Å². The van der Waals surface area contributed by atoms with Gasteiger partial charge in [-0.3, -0.25) is 9.59 Å². The molecule has 0 bridgehead atoms. The molecular formula is C22H26N2O2. The highest BCUT2D eigenvalue weighted by atomic mass is 16.2. The number of aryl methyl sites for hydroxylation is 4. The van der Waals surface area contributed by atoms with Gasteiger partial charge in [0.05, 0.1) is 5.92 Å². The van der Waals surface area contributed by atoms with Crippen LogP contribution >= 0.6 is 0 Å². The normalized spacial score (nSPS) is 16.9. The molecule has 1 unspecified atom stereocenters. The number of amides is 2. The second-order valence-corrected chi connectivity index (χ2v) is 7.39. The van der Waals surface area contributed by atoms with Crippen LogP contribution in [-0.4, -0.2) is 18.4 Å². The van der Waals surface area contributed by atoms with E-state index < -0.39 is 0 Å². The van der Waals surface area contributed by atoms with Crippen LogP contribution in [0, 0.1) is 40.5 Å². The van der Waals surface area contributed by atoms with E-state index in [2.05, 4.69) is 24.4 Å². The first-order chi connectivity index (χ1) is 12.3. The standard InChI is InChI=1S/C22H26N2O2/c1-13-9-15(3)21(16(4)10-13)24-12-18(11-20(24)25)22(26)23-19-8-6-7-14(2)17(19)5/h6-10,18H,11-12H2,1-5H3,(H,23,26). The van der Waals surface area contributed by atoms with E-state index in [1.807, 2.05) is 45.9 Å². The van der Waals surface area contributed by atoms with Crippen LogP contribution in [0.5, 0.6) is 0 Å². The van der Waals surface area contributed by atoms with Crippen LogP contribution in [0.4, 0.5) is 11.4 Å². The molecule has 2 amide bonds. The average Bonchev–Trinajstić information content (AvgIpc) is 2.93. The van der Waals surface area contributed by atoms with Gasteiger partial charge in [0.25, 0.3) is 0 Å². The molecule has 0 saturated carbocycles. The average molecular weight is 350 g/mol. The first-order valence-electron chi connectivity index (χ1n) is 9.03. The van der Waals surface area contributed by atoms with Gasteiger partial charge in [-0.25, -0.2) is 0 Å². The smallest absolute Gasteiger partial charge is 0.229 e. The van der Waals surface area contributed by atoms with Crippen molar-refractivity contribution in [2.45, 2.75) is 41.0 Å². The van der Waals surface area contributed by atoms with Crippen molar-refractivity contribution in [3.8, 4) is 0 Å². The van der Waals surface area contributed by atoms with Gasteiger partial charge in [-0.2, -0.15) is 0 Å². The van der Waals surface area contributed by atoms with Crippen molar-refractivity contribution in [3.63, 3.8) is 0 Å². The Bertz CT molecular complexity index is 863. The van der Waals surface area contributed by atoms with E-state index >= 15 is 0 Å². The number of carbonyl (C=O) groups is 2. The Kier molecular flexibility index (Phi) is 4.86. The maximum Gasteiger partial charge on any atom is 0.229 e. The first-order valence-corrected chi connectivity index (χ1v) is 9.03. The van der Waals surface area contributed by atoms with Gasteiger partial charge in [0.15, 0.2) is 0 Å². The van der Waals surface area contributed by atoms with Crippen LogP contribution in [0.25, 0.3) is 0 Å².